The first kappa shape index (κ1) is 22.0. The Morgan fingerprint density at radius 1 is 1.12 bits per heavy atom. The second-order valence-electron chi connectivity index (χ2n) is 9.18. The van der Waals surface area contributed by atoms with Gasteiger partial charge in [-0.1, -0.05) is 0 Å². The van der Waals surface area contributed by atoms with Crippen molar-refractivity contribution in [1.82, 2.24) is 15.1 Å². The highest BCUT2D eigenvalue weighted by molar-refractivity contribution is 7.10. The van der Waals surface area contributed by atoms with Crippen molar-refractivity contribution in [1.29, 1.82) is 0 Å². The summed E-state index contributed by atoms with van der Waals surface area (Å²) < 4.78 is 32.2. The number of halogens is 2. The number of fused-ring (bicyclic) bond motifs is 1. The molecule has 0 amide bonds. The number of ether oxygens (including phenoxy) is 1. The Morgan fingerprint density at radius 3 is 2.69 bits per heavy atom. The molecular weight excluding hydrogens is 432 g/mol. The van der Waals surface area contributed by atoms with Crippen LogP contribution in [0.3, 0.4) is 0 Å². The van der Waals surface area contributed by atoms with Gasteiger partial charge in [-0.3, -0.25) is 4.90 Å². The highest BCUT2D eigenvalue weighted by atomic mass is 32.1. The number of anilines is 2. The van der Waals surface area contributed by atoms with Gasteiger partial charge >= 0.3 is 0 Å². The molecule has 9 heteroatoms. The molecule has 1 N–H and O–H groups in total. The highest BCUT2D eigenvalue weighted by Gasteiger charge is 2.34. The molecule has 0 bridgehead atoms. The summed E-state index contributed by atoms with van der Waals surface area (Å²) in [6.07, 6.45) is 3.23. The van der Waals surface area contributed by atoms with E-state index in [2.05, 4.69) is 25.8 Å². The molecule has 32 heavy (non-hydrogen) atoms. The van der Waals surface area contributed by atoms with Crippen molar-refractivity contribution in [3.05, 3.63) is 33.5 Å². The van der Waals surface area contributed by atoms with Crippen molar-refractivity contribution >= 4 is 23.0 Å². The van der Waals surface area contributed by atoms with Crippen LogP contribution < -0.4 is 10.2 Å². The van der Waals surface area contributed by atoms with Gasteiger partial charge in [-0.2, -0.15) is 0 Å². The average Bonchev–Trinajstić information content (AvgIpc) is 3.21. The van der Waals surface area contributed by atoms with Crippen LogP contribution in [0.5, 0.6) is 0 Å². The van der Waals surface area contributed by atoms with Gasteiger partial charge in [-0.05, 0) is 53.8 Å². The van der Waals surface area contributed by atoms with E-state index >= 15 is 0 Å². The first-order valence-electron chi connectivity index (χ1n) is 11.6. The SMILES string of the molecule is FC1(F)CCN(c2ccc(NCc3csc4c3CCN(CC3CCOCC3)C4)nn2)CC1. The topological polar surface area (TPSA) is 53.5 Å². The summed E-state index contributed by atoms with van der Waals surface area (Å²) in [5, 5.41) is 14.2. The van der Waals surface area contributed by atoms with Crippen molar-refractivity contribution in [3.8, 4) is 0 Å². The molecular formula is C23H31F2N5OS. The lowest BCUT2D eigenvalue weighted by Gasteiger charge is -2.32. The Morgan fingerprint density at radius 2 is 1.94 bits per heavy atom. The van der Waals surface area contributed by atoms with Gasteiger partial charge in [-0.15, -0.1) is 21.5 Å². The van der Waals surface area contributed by atoms with Gasteiger partial charge < -0.3 is 15.0 Å². The Bertz CT molecular complexity index is 890. The molecule has 2 fully saturated rings. The molecule has 0 atom stereocenters. The van der Waals surface area contributed by atoms with Gasteiger partial charge in [0.15, 0.2) is 5.82 Å². The Labute approximate surface area is 192 Å². The van der Waals surface area contributed by atoms with Crippen LogP contribution in [0.15, 0.2) is 17.5 Å². The van der Waals surface area contributed by atoms with Crippen LogP contribution in [0.2, 0.25) is 0 Å². The predicted octanol–water partition coefficient (Wildman–Crippen LogP) is 4.17. The number of thiophene rings is 1. The molecule has 3 aliphatic rings. The number of nitrogens with zero attached hydrogens (tertiary/aromatic N) is 4. The van der Waals surface area contributed by atoms with E-state index in [1.54, 1.807) is 0 Å². The maximum atomic E-state index is 13.4. The summed E-state index contributed by atoms with van der Waals surface area (Å²) in [6.45, 7) is 6.56. The Hall–Kier alpha value is -1.84. The summed E-state index contributed by atoms with van der Waals surface area (Å²) >= 11 is 1.86. The number of aromatic nitrogens is 2. The van der Waals surface area contributed by atoms with Gasteiger partial charge in [0, 0.05) is 70.2 Å². The molecule has 0 radical (unpaired) electrons. The van der Waals surface area contributed by atoms with E-state index in [0.29, 0.717) is 24.7 Å². The van der Waals surface area contributed by atoms with E-state index in [9.17, 15) is 8.78 Å². The van der Waals surface area contributed by atoms with Crippen LogP contribution in [0, 0.1) is 5.92 Å². The third kappa shape index (κ3) is 5.21. The van der Waals surface area contributed by atoms with Crippen molar-refractivity contribution in [2.24, 2.45) is 5.92 Å². The zero-order valence-corrected chi connectivity index (χ0v) is 19.2. The van der Waals surface area contributed by atoms with Gasteiger partial charge in [0.1, 0.15) is 5.82 Å². The van der Waals surface area contributed by atoms with E-state index in [1.807, 2.05) is 28.4 Å². The van der Waals surface area contributed by atoms with Gasteiger partial charge in [-0.25, -0.2) is 8.78 Å². The standard InChI is InChI=1S/C23H31F2N5OS/c24-23(25)6-9-30(10-7-23)22-2-1-21(27-28-22)26-13-18-16-32-20-15-29(8-3-19(18)20)14-17-4-11-31-12-5-17/h1-2,16-17H,3-15H2,(H,26,27). The fraction of sp³-hybridized carbons (Fsp3) is 0.652. The van der Waals surface area contributed by atoms with Crippen LogP contribution in [0.1, 0.15) is 41.7 Å². The minimum atomic E-state index is -2.55. The van der Waals surface area contributed by atoms with Crippen molar-refractivity contribution < 1.29 is 13.5 Å². The fourth-order valence-corrected chi connectivity index (χ4v) is 6.03. The molecule has 2 saturated heterocycles. The van der Waals surface area contributed by atoms with E-state index < -0.39 is 5.92 Å². The van der Waals surface area contributed by atoms with Gasteiger partial charge in [0.2, 0.25) is 0 Å². The van der Waals surface area contributed by atoms with Crippen molar-refractivity contribution in [2.45, 2.75) is 51.1 Å². The number of rotatable bonds is 6. The number of nitrogens with one attached hydrogen (secondary N) is 1. The third-order valence-corrected chi connectivity index (χ3v) is 7.96. The molecule has 0 aliphatic carbocycles. The summed E-state index contributed by atoms with van der Waals surface area (Å²) in [6, 6.07) is 3.76. The highest BCUT2D eigenvalue weighted by Crippen LogP contribution is 2.31. The summed E-state index contributed by atoms with van der Waals surface area (Å²) in [7, 11) is 0. The first-order valence-corrected chi connectivity index (χ1v) is 12.5. The number of piperidine rings is 1. The molecule has 3 aliphatic heterocycles. The zero-order chi connectivity index (χ0) is 22.0. The van der Waals surface area contributed by atoms with Gasteiger partial charge in [0.25, 0.3) is 5.92 Å². The lowest BCUT2D eigenvalue weighted by Crippen LogP contribution is -2.39. The average molecular weight is 464 g/mol. The number of hydrogen-bond acceptors (Lipinski definition) is 7. The summed E-state index contributed by atoms with van der Waals surface area (Å²) in [5.74, 6) is -0.390. The third-order valence-electron chi connectivity index (χ3n) is 6.90. The van der Waals surface area contributed by atoms with Gasteiger partial charge in [0.05, 0.1) is 0 Å². The molecule has 6 nitrogen and oxygen atoms in total. The fourth-order valence-electron chi connectivity index (χ4n) is 4.88. The molecule has 5 heterocycles. The Kier molecular flexibility index (Phi) is 6.57. The molecule has 0 spiro atoms. The summed E-state index contributed by atoms with van der Waals surface area (Å²) in [5.41, 5.74) is 2.84. The molecule has 5 rings (SSSR count). The molecule has 174 valence electrons. The minimum Gasteiger partial charge on any atom is -0.381 e. The maximum absolute atomic E-state index is 13.4. The van der Waals surface area contributed by atoms with Crippen LogP contribution in [-0.4, -0.2) is 60.4 Å². The molecule has 2 aromatic rings. The number of hydrogen-bond donors (Lipinski definition) is 1. The molecule has 0 aromatic carbocycles. The van der Waals surface area contributed by atoms with E-state index in [4.69, 9.17) is 4.74 Å². The van der Waals surface area contributed by atoms with Crippen LogP contribution in [0.4, 0.5) is 20.4 Å². The Balaban J connectivity index is 1.13. The number of alkyl halides is 2. The zero-order valence-electron chi connectivity index (χ0n) is 18.4. The lowest BCUT2D eigenvalue weighted by molar-refractivity contribution is -0.0221. The molecule has 0 unspecified atom stereocenters. The van der Waals surface area contributed by atoms with Crippen LogP contribution in [0.25, 0.3) is 0 Å². The van der Waals surface area contributed by atoms with E-state index in [1.165, 1.54) is 35.4 Å². The summed E-state index contributed by atoms with van der Waals surface area (Å²) in [4.78, 5) is 5.98. The normalized spacial score (nSPS) is 22.0. The predicted molar refractivity (Wildman–Crippen MR) is 123 cm³/mol. The molecule has 0 saturated carbocycles. The minimum absolute atomic E-state index is 0.121. The van der Waals surface area contributed by atoms with Crippen LogP contribution in [-0.2, 0) is 24.2 Å². The molecule has 2 aromatic heterocycles. The maximum Gasteiger partial charge on any atom is 0.251 e. The quantitative estimate of drug-likeness (QED) is 0.694. The van der Waals surface area contributed by atoms with E-state index in [-0.39, 0.29) is 12.8 Å². The van der Waals surface area contributed by atoms with E-state index in [0.717, 1.165) is 45.2 Å². The van der Waals surface area contributed by atoms with Crippen LogP contribution >= 0.6 is 11.3 Å². The lowest BCUT2D eigenvalue weighted by atomic mass is 9.97. The van der Waals surface area contributed by atoms with Crippen molar-refractivity contribution in [3.63, 3.8) is 0 Å². The monoisotopic (exact) mass is 463 g/mol. The second-order valence-corrected chi connectivity index (χ2v) is 10.1. The largest absolute Gasteiger partial charge is 0.381 e. The van der Waals surface area contributed by atoms with Crippen molar-refractivity contribution in [2.75, 3.05) is 49.6 Å². The first-order chi connectivity index (χ1) is 15.6. The smallest absolute Gasteiger partial charge is 0.251 e. The second kappa shape index (κ2) is 9.57.